The van der Waals surface area contributed by atoms with Crippen LogP contribution < -0.4 is 5.32 Å². The molecule has 3 heteroatoms. The van der Waals surface area contributed by atoms with E-state index >= 15 is 0 Å². The lowest BCUT2D eigenvalue weighted by Crippen LogP contribution is -2.41. The molecule has 0 radical (unpaired) electrons. The summed E-state index contributed by atoms with van der Waals surface area (Å²) in [6, 6.07) is 10.4. The van der Waals surface area contributed by atoms with Gasteiger partial charge in [0.05, 0.1) is 5.92 Å². The smallest absolute Gasteiger partial charge is 0.224 e. The highest BCUT2D eigenvalue weighted by molar-refractivity contribution is 5.78. The number of hydrogen-bond donors (Lipinski definition) is 1. The van der Waals surface area contributed by atoms with Gasteiger partial charge in [0.25, 0.3) is 0 Å². The first-order chi connectivity index (χ1) is 8.29. The predicted octanol–water partition coefficient (Wildman–Crippen LogP) is 1.64. The highest BCUT2D eigenvalue weighted by Gasteiger charge is 2.24. The summed E-state index contributed by atoms with van der Waals surface area (Å²) < 4.78 is 0. The maximum Gasteiger partial charge on any atom is 0.224 e. The predicted molar refractivity (Wildman–Crippen MR) is 68.5 cm³/mol. The van der Waals surface area contributed by atoms with Gasteiger partial charge in [-0.25, -0.2) is 0 Å². The molecule has 1 aromatic carbocycles. The van der Waals surface area contributed by atoms with Gasteiger partial charge in [-0.1, -0.05) is 30.3 Å². The van der Waals surface area contributed by atoms with Gasteiger partial charge in [-0.05, 0) is 24.9 Å². The summed E-state index contributed by atoms with van der Waals surface area (Å²) in [6.07, 6.45) is 2.13. The van der Waals surface area contributed by atoms with Crippen molar-refractivity contribution in [1.29, 1.82) is 0 Å². The first-order valence-corrected chi connectivity index (χ1v) is 6.27. The van der Waals surface area contributed by atoms with Gasteiger partial charge in [0.15, 0.2) is 0 Å². The molecule has 1 amide bonds. The third-order valence-electron chi connectivity index (χ3n) is 3.37. The Morgan fingerprint density at radius 2 is 2.18 bits per heavy atom. The lowest BCUT2D eigenvalue weighted by molar-refractivity contribution is -0.126. The van der Waals surface area contributed by atoms with Crippen LogP contribution in [0.1, 0.15) is 18.4 Å². The summed E-state index contributed by atoms with van der Waals surface area (Å²) in [5, 5.41) is 2.75. The molecule has 1 aliphatic heterocycles. The van der Waals surface area contributed by atoms with E-state index in [0.29, 0.717) is 0 Å². The Kier molecular flexibility index (Phi) is 4.15. The van der Waals surface area contributed by atoms with Crippen molar-refractivity contribution in [2.75, 3.05) is 20.1 Å². The average Bonchev–Trinajstić information content (AvgIpc) is 2.39. The molecule has 0 spiro atoms. The number of benzene rings is 1. The van der Waals surface area contributed by atoms with Crippen molar-refractivity contribution in [2.45, 2.75) is 19.4 Å². The van der Waals surface area contributed by atoms with Crippen LogP contribution in [0.4, 0.5) is 0 Å². The minimum Gasteiger partial charge on any atom is -0.359 e. The van der Waals surface area contributed by atoms with E-state index in [1.54, 1.807) is 7.05 Å². The molecule has 0 unspecified atom stereocenters. The zero-order chi connectivity index (χ0) is 12.1. The standard InChI is InChI=1S/C14H20N2O/c1-15-14(17)13-8-5-9-16(11-13)10-12-6-3-2-4-7-12/h2-4,6-7,13H,5,8-11H2,1H3,(H,15,17)/t13-/m0/s1. The number of likely N-dealkylation sites (tertiary alicyclic amines) is 1. The number of amides is 1. The fraction of sp³-hybridized carbons (Fsp3) is 0.500. The van der Waals surface area contributed by atoms with Crippen molar-refractivity contribution >= 4 is 5.91 Å². The number of nitrogens with zero attached hydrogens (tertiary/aromatic N) is 1. The van der Waals surface area contributed by atoms with Crippen LogP contribution in [0, 0.1) is 5.92 Å². The molecule has 0 aromatic heterocycles. The minimum atomic E-state index is 0.164. The summed E-state index contributed by atoms with van der Waals surface area (Å²) in [5.74, 6) is 0.347. The quantitative estimate of drug-likeness (QED) is 0.859. The van der Waals surface area contributed by atoms with Crippen LogP contribution in [0.5, 0.6) is 0 Å². The van der Waals surface area contributed by atoms with Crippen molar-refractivity contribution in [3.63, 3.8) is 0 Å². The van der Waals surface area contributed by atoms with Crippen LogP contribution >= 0.6 is 0 Å². The Balaban J connectivity index is 1.92. The van der Waals surface area contributed by atoms with E-state index in [2.05, 4.69) is 34.5 Å². The molecule has 92 valence electrons. The monoisotopic (exact) mass is 232 g/mol. The molecule has 1 aliphatic rings. The fourth-order valence-corrected chi connectivity index (χ4v) is 2.46. The van der Waals surface area contributed by atoms with Gasteiger partial charge in [0.1, 0.15) is 0 Å². The molecule has 2 rings (SSSR count). The summed E-state index contributed by atoms with van der Waals surface area (Å²) in [6.45, 7) is 2.94. The number of carbonyl (C=O) groups excluding carboxylic acids is 1. The van der Waals surface area contributed by atoms with Gasteiger partial charge in [0, 0.05) is 20.1 Å². The van der Waals surface area contributed by atoms with Crippen LogP contribution in [0.25, 0.3) is 0 Å². The summed E-state index contributed by atoms with van der Waals surface area (Å²) >= 11 is 0. The average molecular weight is 232 g/mol. The summed E-state index contributed by atoms with van der Waals surface area (Å²) in [5.41, 5.74) is 1.32. The fourth-order valence-electron chi connectivity index (χ4n) is 2.46. The second kappa shape index (κ2) is 5.82. The molecule has 0 bridgehead atoms. The van der Waals surface area contributed by atoms with E-state index < -0.39 is 0 Å². The maximum atomic E-state index is 11.6. The molecule has 1 aromatic rings. The van der Waals surface area contributed by atoms with Crippen molar-refractivity contribution in [3.05, 3.63) is 35.9 Å². The van der Waals surface area contributed by atoms with Gasteiger partial charge < -0.3 is 5.32 Å². The van der Waals surface area contributed by atoms with Gasteiger partial charge in [-0.2, -0.15) is 0 Å². The zero-order valence-corrected chi connectivity index (χ0v) is 10.4. The maximum absolute atomic E-state index is 11.6. The molecule has 3 nitrogen and oxygen atoms in total. The number of rotatable bonds is 3. The minimum absolute atomic E-state index is 0.164. The molecule has 1 N–H and O–H groups in total. The van der Waals surface area contributed by atoms with E-state index in [-0.39, 0.29) is 11.8 Å². The van der Waals surface area contributed by atoms with Crippen molar-refractivity contribution < 1.29 is 4.79 Å². The Labute approximate surface area is 103 Å². The number of hydrogen-bond acceptors (Lipinski definition) is 2. The molecule has 1 saturated heterocycles. The first kappa shape index (κ1) is 12.1. The Morgan fingerprint density at radius 3 is 2.88 bits per heavy atom. The summed E-state index contributed by atoms with van der Waals surface area (Å²) in [7, 11) is 1.72. The molecule has 0 saturated carbocycles. The van der Waals surface area contributed by atoms with Crippen LogP contribution in [-0.2, 0) is 11.3 Å². The van der Waals surface area contributed by atoms with Gasteiger partial charge in [-0.3, -0.25) is 9.69 Å². The Hall–Kier alpha value is -1.35. The second-order valence-corrected chi connectivity index (χ2v) is 4.67. The largest absolute Gasteiger partial charge is 0.359 e. The lowest BCUT2D eigenvalue weighted by atomic mass is 9.97. The first-order valence-electron chi connectivity index (χ1n) is 6.27. The van der Waals surface area contributed by atoms with Crippen molar-refractivity contribution in [3.8, 4) is 0 Å². The second-order valence-electron chi connectivity index (χ2n) is 4.67. The third kappa shape index (κ3) is 3.30. The SMILES string of the molecule is CNC(=O)[C@H]1CCCN(Cc2ccccc2)C1. The number of nitrogens with one attached hydrogen (secondary N) is 1. The zero-order valence-electron chi connectivity index (χ0n) is 10.4. The van der Waals surface area contributed by atoms with Crippen LogP contribution in [0.3, 0.4) is 0 Å². The lowest BCUT2D eigenvalue weighted by Gasteiger charge is -2.31. The van der Waals surface area contributed by atoms with E-state index in [1.165, 1.54) is 5.56 Å². The Bertz CT molecular complexity index is 364. The normalized spacial score (nSPS) is 21.1. The molecular weight excluding hydrogens is 212 g/mol. The molecule has 1 fully saturated rings. The molecule has 0 aliphatic carbocycles. The van der Waals surface area contributed by atoms with Crippen LogP contribution in [-0.4, -0.2) is 30.9 Å². The highest BCUT2D eigenvalue weighted by atomic mass is 16.1. The van der Waals surface area contributed by atoms with E-state index in [0.717, 1.165) is 32.5 Å². The topological polar surface area (TPSA) is 32.3 Å². The van der Waals surface area contributed by atoms with Crippen molar-refractivity contribution in [2.24, 2.45) is 5.92 Å². The third-order valence-corrected chi connectivity index (χ3v) is 3.37. The van der Waals surface area contributed by atoms with Gasteiger partial charge in [0.2, 0.25) is 5.91 Å². The molecular formula is C14H20N2O. The van der Waals surface area contributed by atoms with Crippen LogP contribution in [0.15, 0.2) is 30.3 Å². The number of carbonyl (C=O) groups is 1. The van der Waals surface area contributed by atoms with E-state index in [9.17, 15) is 4.79 Å². The van der Waals surface area contributed by atoms with Gasteiger partial charge >= 0.3 is 0 Å². The Morgan fingerprint density at radius 1 is 1.41 bits per heavy atom. The van der Waals surface area contributed by atoms with E-state index in [1.807, 2.05) is 6.07 Å². The summed E-state index contributed by atoms with van der Waals surface area (Å²) in [4.78, 5) is 14.0. The highest BCUT2D eigenvalue weighted by Crippen LogP contribution is 2.18. The van der Waals surface area contributed by atoms with Crippen LogP contribution in [0.2, 0.25) is 0 Å². The van der Waals surface area contributed by atoms with Crippen molar-refractivity contribution in [1.82, 2.24) is 10.2 Å². The molecule has 1 atom stereocenters. The van der Waals surface area contributed by atoms with E-state index in [4.69, 9.17) is 0 Å². The number of piperidine rings is 1. The van der Waals surface area contributed by atoms with Gasteiger partial charge in [-0.15, -0.1) is 0 Å². The molecule has 1 heterocycles. The molecule has 17 heavy (non-hydrogen) atoms.